The average Bonchev–Trinajstić information content (AvgIpc) is 3.08. The van der Waals surface area contributed by atoms with Crippen LogP contribution in [0, 0.1) is 0 Å². The van der Waals surface area contributed by atoms with Crippen LogP contribution in [-0.4, -0.2) is 28.3 Å². The Morgan fingerprint density at radius 1 is 1.12 bits per heavy atom. The summed E-state index contributed by atoms with van der Waals surface area (Å²) >= 11 is 2.84. The number of para-hydroxylation sites is 1. The van der Waals surface area contributed by atoms with Crippen LogP contribution in [0.4, 0.5) is 10.8 Å². The lowest BCUT2D eigenvalue weighted by molar-refractivity contribution is 0.0994. The Bertz CT molecular complexity index is 835. The van der Waals surface area contributed by atoms with Crippen molar-refractivity contribution in [3.63, 3.8) is 0 Å². The van der Waals surface area contributed by atoms with Gasteiger partial charge in [0.1, 0.15) is 5.75 Å². The number of anilines is 2. The molecule has 1 aromatic heterocycles. The number of nitrogens with one attached hydrogen (secondary N) is 1. The van der Waals surface area contributed by atoms with E-state index in [0.29, 0.717) is 10.7 Å². The molecule has 0 radical (unpaired) electrons. The molecule has 0 bridgehead atoms. The number of benzene rings is 2. The zero-order valence-electron chi connectivity index (χ0n) is 13.8. The van der Waals surface area contributed by atoms with Crippen LogP contribution in [0.5, 0.6) is 5.75 Å². The number of ketones is 1. The van der Waals surface area contributed by atoms with E-state index in [2.05, 4.69) is 15.5 Å². The van der Waals surface area contributed by atoms with Crippen LogP contribution >= 0.6 is 23.1 Å². The second kappa shape index (κ2) is 8.13. The Labute approximate surface area is 154 Å². The molecular weight excluding hydrogens is 354 g/mol. The molecule has 25 heavy (non-hydrogen) atoms. The lowest BCUT2D eigenvalue weighted by Crippen LogP contribution is -2.13. The van der Waals surface area contributed by atoms with E-state index in [4.69, 9.17) is 4.74 Å². The maximum Gasteiger partial charge on any atom is 0.210 e. The third-order valence-electron chi connectivity index (χ3n) is 3.45. The molecule has 2 aromatic carbocycles. The summed E-state index contributed by atoms with van der Waals surface area (Å²) in [5.41, 5.74) is 1.62. The quantitative estimate of drug-likeness (QED) is 0.482. The van der Waals surface area contributed by atoms with Crippen LogP contribution in [0.3, 0.4) is 0 Å². The second-order valence-electron chi connectivity index (χ2n) is 5.22. The highest BCUT2D eigenvalue weighted by molar-refractivity contribution is 8.02. The molecule has 1 atom stereocenters. The second-order valence-corrected chi connectivity index (χ2v) is 7.78. The van der Waals surface area contributed by atoms with Gasteiger partial charge in [-0.25, -0.2) is 0 Å². The van der Waals surface area contributed by atoms with Crippen LogP contribution < -0.4 is 10.1 Å². The Kier molecular flexibility index (Phi) is 5.67. The van der Waals surface area contributed by atoms with Crippen molar-refractivity contribution in [2.24, 2.45) is 0 Å². The van der Waals surface area contributed by atoms with E-state index in [1.54, 1.807) is 31.4 Å². The smallest absolute Gasteiger partial charge is 0.210 e. The first-order chi connectivity index (χ1) is 12.2. The third-order valence-corrected chi connectivity index (χ3v) is 5.48. The predicted octanol–water partition coefficient (Wildman–Crippen LogP) is 4.65. The standard InChI is InChI=1S/C18H17N3O2S2/c1-12(16(22)13-8-10-15(23-2)11-9-13)24-18-21-20-17(25-18)19-14-6-4-3-5-7-14/h3-12H,1-2H3,(H,19,20). The number of ether oxygens (including phenoxy) is 1. The van der Waals surface area contributed by atoms with Gasteiger partial charge in [0.05, 0.1) is 12.4 Å². The first-order valence-corrected chi connectivity index (χ1v) is 9.36. The van der Waals surface area contributed by atoms with Gasteiger partial charge in [-0.15, -0.1) is 10.2 Å². The summed E-state index contributed by atoms with van der Waals surface area (Å²) in [5.74, 6) is 0.790. The van der Waals surface area contributed by atoms with Gasteiger partial charge in [-0.3, -0.25) is 4.79 Å². The number of nitrogens with zero attached hydrogens (tertiary/aromatic N) is 2. The zero-order valence-corrected chi connectivity index (χ0v) is 15.4. The van der Waals surface area contributed by atoms with Crippen LogP contribution in [0.2, 0.25) is 0 Å². The number of hydrogen-bond donors (Lipinski definition) is 1. The Balaban J connectivity index is 1.62. The maximum absolute atomic E-state index is 12.5. The van der Waals surface area contributed by atoms with E-state index in [9.17, 15) is 4.79 Å². The highest BCUT2D eigenvalue weighted by Crippen LogP contribution is 2.31. The number of rotatable bonds is 7. The molecule has 0 aliphatic carbocycles. The van der Waals surface area contributed by atoms with E-state index < -0.39 is 0 Å². The van der Waals surface area contributed by atoms with Crippen molar-refractivity contribution in [3.05, 3.63) is 60.2 Å². The molecule has 7 heteroatoms. The molecule has 0 spiro atoms. The molecule has 0 saturated carbocycles. The van der Waals surface area contributed by atoms with Gasteiger partial charge in [0.25, 0.3) is 0 Å². The number of hydrogen-bond acceptors (Lipinski definition) is 7. The molecule has 0 saturated heterocycles. The van der Waals surface area contributed by atoms with Crippen LogP contribution in [0.25, 0.3) is 0 Å². The lowest BCUT2D eigenvalue weighted by Gasteiger charge is -2.08. The largest absolute Gasteiger partial charge is 0.497 e. The topological polar surface area (TPSA) is 64.1 Å². The minimum Gasteiger partial charge on any atom is -0.497 e. The Morgan fingerprint density at radius 3 is 2.52 bits per heavy atom. The maximum atomic E-state index is 12.5. The van der Waals surface area contributed by atoms with E-state index in [-0.39, 0.29) is 11.0 Å². The molecule has 0 aliphatic rings. The van der Waals surface area contributed by atoms with E-state index in [0.717, 1.165) is 15.8 Å². The van der Waals surface area contributed by atoms with Crippen molar-refractivity contribution in [2.45, 2.75) is 16.5 Å². The van der Waals surface area contributed by atoms with Gasteiger partial charge in [-0.05, 0) is 43.3 Å². The predicted molar refractivity (Wildman–Crippen MR) is 102 cm³/mol. The monoisotopic (exact) mass is 371 g/mol. The average molecular weight is 371 g/mol. The molecule has 128 valence electrons. The first kappa shape index (κ1) is 17.4. The molecule has 0 fully saturated rings. The van der Waals surface area contributed by atoms with Gasteiger partial charge in [0, 0.05) is 11.3 Å². The lowest BCUT2D eigenvalue weighted by atomic mass is 10.1. The minimum absolute atomic E-state index is 0.0559. The summed E-state index contributed by atoms with van der Waals surface area (Å²) in [6.07, 6.45) is 0. The fraction of sp³-hybridized carbons (Fsp3) is 0.167. The van der Waals surface area contributed by atoms with Gasteiger partial charge in [-0.2, -0.15) is 0 Å². The summed E-state index contributed by atoms with van der Waals surface area (Å²) in [6.45, 7) is 1.88. The van der Waals surface area contributed by atoms with Crippen molar-refractivity contribution in [1.29, 1.82) is 0 Å². The number of carbonyl (C=O) groups excluding carboxylic acids is 1. The summed E-state index contributed by atoms with van der Waals surface area (Å²) in [4.78, 5) is 12.5. The number of thioether (sulfide) groups is 1. The molecule has 0 aliphatic heterocycles. The molecular formula is C18H17N3O2S2. The molecule has 5 nitrogen and oxygen atoms in total. The normalized spacial score (nSPS) is 11.8. The summed E-state index contributed by atoms with van der Waals surface area (Å²) in [6, 6.07) is 16.9. The molecule has 3 rings (SSSR count). The van der Waals surface area contributed by atoms with Crippen molar-refractivity contribution >= 4 is 39.7 Å². The van der Waals surface area contributed by atoms with E-state index >= 15 is 0 Å². The Morgan fingerprint density at radius 2 is 1.84 bits per heavy atom. The van der Waals surface area contributed by atoms with Crippen molar-refractivity contribution in [3.8, 4) is 5.75 Å². The van der Waals surface area contributed by atoms with Crippen LogP contribution in [-0.2, 0) is 0 Å². The zero-order chi connectivity index (χ0) is 17.6. The van der Waals surface area contributed by atoms with E-state index in [1.807, 2.05) is 37.3 Å². The first-order valence-electron chi connectivity index (χ1n) is 7.66. The highest BCUT2D eigenvalue weighted by Gasteiger charge is 2.19. The summed E-state index contributed by atoms with van der Waals surface area (Å²) in [7, 11) is 1.60. The van der Waals surface area contributed by atoms with Crippen LogP contribution in [0.15, 0.2) is 58.9 Å². The number of carbonyl (C=O) groups is 1. The number of aromatic nitrogens is 2. The molecule has 3 aromatic rings. The fourth-order valence-corrected chi connectivity index (χ4v) is 4.14. The summed E-state index contributed by atoms with van der Waals surface area (Å²) < 4.78 is 5.87. The molecule has 1 unspecified atom stereocenters. The van der Waals surface area contributed by atoms with Crippen molar-refractivity contribution < 1.29 is 9.53 Å². The number of Topliss-reactive ketones (excluding diaryl/α,β-unsaturated/α-hetero) is 1. The van der Waals surface area contributed by atoms with Crippen molar-refractivity contribution in [2.75, 3.05) is 12.4 Å². The molecule has 1 heterocycles. The van der Waals surface area contributed by atoms with Gasteiger partial charge in [0.2, 0.25) is 5.13 Å². The van der Waals surface area contributed by atoms with Crippen molar-refractivity contribution in [1.82, 2.24) is 10.2 Å². The summed E-state index contributed by atoms with van der Waals surface area (Å²) in [5, 5.41) is 11.9. The van der Waals surface area contributed by atoms with Gasteiger partial charge in [0.15, 0.2) is 10.1 Å². The molecule has 1 N–H and O–H groups in total. The minimum atomic E-state index is -0.245. The van der Waals surface area contributed by atoms with E-state index in [1.165, 1.54) is 23.1 Å². The third kappa shape index (κ3) is 4.58. The SMILES string of the molecule is COc1ccc(C(=O)C(C)Sc2nnc(Nc3ccccc3)s2)cc1. The number of methoxy groups -OCH3 is 1. The molecule has 0 amide bonds. The van der Waals surface area contributed by atoms with Gasteiger partial charge < -0.3 is 10.1 Å². The van der Waals surface area contributed by atoms with Crippen LogP contribution in [0.1, 0.15) is 17.3 Å². The fourth-order valence-electron chi connectivity index (χ4n) is 2.15. The van der Waals surface area contributed by atoms with Gasteiger partial charge in [-0.1, -0.05) is 41.3 Å². The van der Waals surface area contributed by atoms with Gasteiger partial charge >= 0.3 is 0 Å². The Hall–Kier alpha value is -2.38. The highest BCUT2D eigenvalue weighted by atomic mass is 32.2.